The Bertz CT molecular complexity index is 345. The van der Waals surface area contributed by atoms with E-state index < -0.39 is 0 Å². The molecule has 0 spiro atoms. The van der Waals surface area contributed by atoms with Crippen molar-refractivity contribution in [1.82, 2.24) is 15.0 Å². The minimum atomic E-state index is 0. The van der Waals surface area contributed by atoms with Crippen LogP contribution in [0.3, 0.4) is 0 Å². The second-order valence-electron chi connectivity index (χ2n) is 1.93. The van der Waals surface area contributed by atoms with Gasteiger partial charge in [0.25, 0.3) is 0 Å². The van der Waals surface area contributed by atoms with E-state index in [4.69, 9.17) is 0 Å². The van der Waals surface area contributed by atoms with E-state index in [1.807, 2.05) is 0 Å². The van der Waals surface area contributed by atoms with E-state index >= 15 is 0 Å². The van der Waals surface area contributed by atoms with Crippen LogP contribution in [0.4, 0.5) is 0 Å². The third-order valence-corrected chi connectivity index (χ3v) is 2.46. The maximum atomic E-state index is 4.07. The van der Waals surface area contributed by atoms with Crippen LogP contribution in [-0.4, -0.2) is 15.0 Å². The first-order valence-electron chi connectivity index (χ1n) is 3.00. The van der Waals surface area contributed by atoms with Gasteiger partial charge >= 0.3 is 0 Å². The zero-order valence-corrected chi connectivity index (χ0v) is 10.8. The van der Waals surface area contributed by atoms with E-state index in [1.54, 1.807) is 23.7 Å². The predicted octanol–water partition coefficient (Wildman–Crippen LogP) is 0.831. The van der Waals surface area contributed by atoms with E-state index in [0.717, 1.165) is 15.5 Å². The van der Waals surface area contributed by atoms with Gasteiger partial charge in [0, 0.05) is 44.0 Å². The van der Waals surface area contributed by atoms with Gasteiger partial charge < -0.3 is 9.97 Å². The van der Waals surface area contributed by atoms with Crippen LogP contribution in [0.15, 0.2) is 12.4 Å². The summed E-state index contributed by atoms with van der Waals surface area (Å²) < 4.78 is 0.927. The van der Waals surface area contributed by atoms with E-state index in [1.165, 1.54) is 0 Å². The number of rotatable bonds is 1. The summed E-state index contributed by atoms with van der Waals surface area (Å²) >= 11 is 1.55. The van der Waals surface area contributed by atoms with Crippen molar-refractivity contribution in [2.45, 2.75) is 0 Å². The van der Waals surface area contributed by atoms with Crippen LogP contribution in [0, 0.1) is 6.20 Å². The molecule has 0 aliphatic carbocycles. The fraction of sp³-hybridized carbons (Fsp3) is 0. The molecule has 12 heavy (non-hydrogen) atoms. The van der Waals surface area contributed by atoms with Crippen molar-refractivity contribution in [2.75, 3.05) is 0 Å². The largest absolute Gasteiger partial charge is 0.396 e. The molecule has 0 aliphatic rings. The van der Waals surface area contributed by atoms with Crippen LogP contribution in [-0.2, 0) is 21.1 Å². The SMILES string of the molecule is Pc1n[c-]c(-c2ncc[nH]2)s1.[W]. The molecule has 2 aromatic rings. The summed E-state index contributed by atoms with van der Waals surface area (Å²) in [5.41, 5.74) is 0. The molecule has 0 saturated carbocycles. The smallest absolute Gasteiger partial charge is 0.0466 e. The molecule has 0 radical (unpaired) electrons. The van der Waals surface area contributed by atoms with Gasteiger partial charge in [0.05, 0.1) is 0 Å². The quantitative estimate of drug-likeness (QED) is 0.600. The van der Waals surface area contributed by atoms with Crippen LogP contribution in [0.5, 0.6) is 0 Å². The number of hydrogen-bond acceptors (Lipinski definition) is 3. The van der Waals surface area contributed by atoms with Gasteiger partial charge in [-0.3, -0.25) is 4.98 Å². The summed E-state index contributed by atoms with van der Waals surface area (Å²) in [5.74, 6) is 0.830. The number of nitrogens with one attached hydrogen (secondary N) is 1. The Kier molecular flexibility index (Phi) is 3.57. The Balaban J connectivity index is 0.000000720. The summed E-state index contributed by atoms with van der Waals surface area (Å²) in [7, 11) is 2.53. The molecule has 1 unspecified atom stereocenters. The number of hydrogen-bond donors (Lipinski definition) is 1. The number of H-pyrrole nitrogens is 1. The van der Waals surface area contributed by atoms with Crippen molar-refractivity contribution in [3.63, 3.8) is 0 Å². The molecule has 2 heterocycles. The van der Waals surface area contributed by atoms with E-state index in [2.05, 4.69) is 30.4 Å². The first-order valence-corrected chi connectivity index (χ1v) is 4.39. The Labute approximate surface area is 90.5 Å². The summed E-state index contributed by atoms with van der Waals surface area (Å²) in [4.78, 5) is 12.0. The number of nitrogens with zero attached hydrogens (tertiary/aromatic N) is 2. The minimum absolute atomic E-state index is 0. The van der Waals surface area contributed by atoms with Crippen LogP contribution in [0.1, 0.15) is 0 Å². The molecule has 0 bridgehead atoms. The fourth-order valence-electron chi connectivity index (χ4n) is 0.747. The summed E-state index contributed by atoms with van der Waals surface area (Å²) in [6.45, 7) is 0. The van der Waals surface area contributed by atoms with Gasteiger partial charge in [-0.05, 0) is 4.88 Å². The van der Waals surface area contributed by atoms with Crippen LogP contribution < -0.4 is 4.75 Å². The molecule has 1 atom stereocenters. The Morgan fingerprint density at radius 2 is 2.42 bits per heavy atom. The van der Waals surface area contributed by atoms with Crippen LogP contribution >= 0.6 is 20.6 Å². The first-order chi connectivity index (χ1) is 5.36. The van der Waals surface area contributed by atoms with Crippen molar-refractivity contribution in [3.8, 4) is 10.7 Å². The fourth-order valence-corrected chi connectivity index (χ4v) is 1.76. The van der Waals surface area contributed by atoms with Gasteiger partial charge in [0.15, 0.2) is 0 Å². The summed E-state index contributed by atoms with van der Waals surface area (Å²) in [6.07, 6.45) is 6.36. The molecular weight excluding hydrogens is 361 g/mol. The van der Waals surface area contributed by atoms with Gasteiger partial charge in [-0.2, -0.15) is 0 Å². The maximum Gasteiger partial charge on any atom is 0.0466 e. The average Bonchev–Trinajstić information content (AvgIpc) is 2.55. The molecule has 1 N–H and O–H groups in total. The predicted molar refractivity (Wildman–Crippen MR) is 47.9 cm³/mol. The van der Waals surface area contributed by atoms with E-state index in [9.17, 15) is 0 Å². The Hall–Kier alpha value is -0.0417. The van der Waals surface area contributed by atoms with Crippen molar-refractivity contribution in [3.05, 3.63) is 18.6 Å². The monoisotopic (exact) mass is 366 g/mol. The number of aromatic nitrogens is 3. The third-order valence-electron chi connectivity index (χ3n) is 1.19. The molecule has 0 amide bonds. The Morgan fingerprint density at radius 1 is 1.58 bits per heavy atom. The molecule has 62 valence electrons. The van der Waals surface area contributed by atoms with Gasteiger partial charge in [0.2, 0.25) is 0 Å². The zero-order chi connectivity index (χ0) is 7.68. The second kappa shape index (κ2) is 4.27. The molecule has 2 rings (SSSR count). The second-order valence-corrected chi connectivity index (χ2v) is 3.93. The number of imidazole rings is 1. The number of thiazole rings is 1. The van der Waals surface area contributed by atoms with Crippen molar-refractivity contribution >= 4 is 25.3 Å². The third kappa shape index (κ3) is 2.01. The van der Waals surface area contributed by atoms with E-state index in [-0.39, 0.29) is 21.1 Å². The zero-order valence-electron chi connectivity index (χ0n) is 5.94. The first kappa shape index (κ1) is 10.0. The molecule has 2 aromatic heterocycles. The van der Waals surface area contributed by atoms with Crippen LogP contribution in [0.25, 0.3) is 10.7 Å². The normalized spacial score (nSPS) is 9.42. The van der Waals surface area contributed by atoms with Crippen LogP contribution in [0.2, 0.25) is 0 Å². The van der Waals surface area contributed by atoms with Crippen molar-refractivity contribution in [1.29, 1.82) is 0 Å². The van der Waals surface area contributed by atoms with Gasteiger partial charge in [0.1, 0.15) is 0 Å². The topological polar surface area (TPSA) is 41.6 Å². The molecular formula is C6H5N3PSW-. The molecule has 0 fully saturated rings. The summed E-state index contributed by atoms with van der Waals surface area (Å²) in [6, 6.07) is 0. The molecule has 0 aliphatic heterocycles. The standard InChI is InChI=1S/C6H5N3PS.W/c10-6-9-3-4(11-6)5-7-1-2-8-5;/h1-2H,10H2,(H,7,8);/q-1;. The maximum absolute atomic E-state index is 4.07. The van der Waals surface area contributed by atoms with E-state index in [0.29, 0.717) is 0 Å². The van der Waals surface area contributed by atoms with Crippen molar-refractivity contribution in [2.24, 2.45) is 0 Å². The Morgan fingerprint density at radius 3 is 2.92 bits per heavy atom. The molecule has 6 heteroatoms. The van der Waals surface area contributed by atoms with Crippen molar-refractivity contribution < 1.29 is 21.1 Å². The van der Waals surface area contributed by atoms with Gasteiger partial charge in [-0.25, -0.2) is 11.3 Å². The summed E-state index contributed by atoms with van der Waals surface area (Å²) in [5, 5.41) is 0. The average molecular weight is 366 g/mol. The molecule has 3 nitrogen and oxygen atoms in total. The minimum Gasteiger partial charge on any atom is -0.396 e. The number of aromatic amines is 1. The molecule has 0 aromatic carbocycles. The van der Waals surface area contributed by atoms with Gasteiger partial charge in [-0.15, -0.1) is 9.24 Å². The van der Waals surface area contributed by atoms with Gasteiger partial charge in [-0.1, -0.05) is 6.20 Å². The molecule has 0 saturated heterocycles.